The lowest BCUT2D eigenvalue weighted by atomic mass is 10.0. The van der Waals surface area contributed by atoms with Gasteiger partial charge in [-0.25, -0.2) is 18.9 Å². The van der Waals surface area contributed by atoms with Gasteiger partial charge in [0.05, 0.1) is 17.1 Å². The molecule has 3 aromatic carbocycles. The Morgan fingerprint density at radius 3 is 2.47 bits per heavy atom. The van der Waals surface area contributed by atoms with Gasteiger partial charge in [-0.2, -0.15) is 4.99 Å². The third-order valence-electron chi connectivity index (χ3n) is 6.65. The lowest BCUT2D eigenvalue weighted by molar-refractivity contribution is -0.274. The first-order chi connectivity index (χ1) is 21.4. The Bertz CT molecular complexity index is 1780. The van der Waals surface area contributed by atoms with E-state index in [1.54, 1.807) is 19.1 Å². The van der Waals surface area contributed by atoms with Crippen LogP contribution >= 0.6 is 11.8 Å². The first-order valence-corrected chi connectivity index (χ1v) is 14.6. The summed E-state index contributed by atoms with van der Waals surface area (Å²) in [5.74, 6) is -0.551. The van der Waals surface area contributed by atoms with Crippen molar-refractivity contribution in [1.82, 2.24) is 20.1 Å². The summed E-state index contributed by atoms with van der Waals surface area (Å²) in [7, 11) is 0. The summed E-state index contributed by atoms with van der Waals surface area (Å²) in [5.41, 5.74) is 3.84. The number of anilines is 1. The van der Waals surface area contributed by atoms with Crippen LogP contribution in [0.15, 0.2) is 84.2 Å². The number of urea groups is 1. The molecule has 1 aliphatic rings. The van der Waals surface area contributed by atoms with Gasteiger partial charge >= 0.3 is 12.4 Å². The maximum absolute atomic E-state index is 13.9. The van der Waals surface area contributed by atoms with E-state index in [9.17, 15) is 27.2 Å². The number of amidine groups is 1. The number of hydrogen-bond acceptors (Lipinski definition) is 6. The highest BCUT2D eigenvalue weighted by Gasteiger charge is 2.33. The molecule has 0 atom stereocenters. The van der Waals surface area contributed by atoms with Gasteiger partial charge in [-0.1, -0.05) is 49.9 Å². The number of amides is 3. The van der Waals surface area contributed by atoms with E-state index in [0.717, 1.165) is 22.9 Å². The molecule has 9 nitrogen and oxygen atoms in total. The fourth-order valence-electron chi connectivity index (χ4n) is 4.45. The Labute approximate surface area is 259 Å². The first kappa shape index (κ1) is 31.4. The number of rotatable bonds is 7. The van der Waals surface area contributed by atoms with E-state index < -0.39 is 18.2 Å². The van der Waals surface area contributed by atoms with Crippen LogP contribution in [0, 0.1) is 5.82 Å². The molecular formula is C31H26F4N6O3S. The molecule has 232 valence electrons. The summed E-state index contributed by atoms with van der Waals surface area (Å²) in [6.45, 7) is 5.58. The lowest BCUT2D eigenvalue weighted by Crippen LogP contribution is -2.31. The van der Waals surface area contributed by atoms with Crippen LogP contribution in [-0.4, -0.2) is 44.0 Å². The molecule has 0 radical (unpaired) electrons. The first-order valence-electron chi connectivity index (χ1n) is 13.6. The number of ether oxygens (including phenoxy) is 1. The normalized spacial score (nSPS) is 14.8. The van der Waals surface area contributed by atoms with Crippen molar-refractivity contribution in [2.24, 2.45) is 4.99 Å². The summed E-state index contributed by atoms with van der Waals surface area (Å²) >= 11 is 1.13. The van der Waals surface area contributed by atoms with Gasteiger partial charge in [0.2, 0.25) is 5.91 Å². The molecule has 45 heavy (non-hydrogen) atoms. The summed E-state index contributed by atoms with van der Waals surface area (Å²) in [6.07, 6.45) is -1.82. The zero-order chi connectivity index (χ0) is 32.3. The van der Waals surface area contributed by atoms with Crippen molar-refractivity contribution in [2.75, 3.05) is 10.7 Å². The highest BCUT2D eigenvalue weighted by atomic mass is 32.2. The van der Waals surface area contributed by atoms with E-state index in [1.165, 1.54) is 64.6 Å². The monoisotopic (exact) mass is 638 g/mol. The topological polar surface area (TPSA) is 102 Å². The van der Waals surface area contributed by atoms with Gasteiger partial charge in [0, 0.05) is 11.8 Å². The van der Waals surface area contributed by atoms with Gasteiger partial charge in [-0.15, -0.1) is 18.3 Å². The molecule has 0 unspecified atom stereocenters. The van der Waals surface area contributed by atoms with Crippen LogP contribution in [-0.2, 0) is 4.79 Å². The molecule has 1 saturated heterocycles. The average Bonchev–Trinajstić information content (AvgIpc) is 3.63. The Morgan fingerprint density at radius 1 is 1.09 bits per heavy atom. The molecule has 2 heterocycles. The number of carbonyl (C=O) groups excluding carboxylic acids is 2. The zero-order valence-electron chi connectivity index (χ0n) is 24.2. The molecule has 1 N–H and O–H groups in total. The van der Waals surface area contributed by atoms with Crippen molar-refractivity contribution in [3.05, 3.63) is 96.2 Å². The maximum atomic E-state index is 13.9. The molecule has 1 fully saturated rings. The van der Waals surface area contributed by atoms with Gasteiger partial charge in [0.15, 0.2) is 11.0 Å². The summed E-state index contributed by atoms with van der Waals surface area (Å²) in [6, 6.07) is 16.0. The molecule has 14 heteroatoms. The number of aliphatic imine (C=N–C) groups is 1. The minimum absolute atomic E-state index is 0.0601. The van der Waals surface area contributed by atoms with Crippen LogP contribution in [0.2, 0.25) is 0 Å². The molecular weight excluding hydrogens is 612 g/mol. The van der Waals surface area contributed by atoms with Gasteiger partial charge < -0.3 is 10.1 Å². The number of halogens is 4. The van der Waals surface area contributed by atoms with Crippen LogP contribution in [0.1, 0.15) is 37.8 Å². The number of hydrogen-bond donors (Lipinski definition) is 1. The molecule has 1 aromatic heterocycles. The Morgan fingerprint density at radius 2 is 1.80 bits per heavy atom. The number of nitrogens with one attached hydrogen (secondary N) is 1. The largest absolute Gasteiger partial charge is 0.573 e. The predicted octanol–water partition coefficient (Wildman–Crippen LogP) is 7.30. The predicted molar refractivity (Wildman–Crippen MR) is 164 cm³/mol. The number of allylic oxidation sites excluding steroid dienone is 1. The van der Waals surface area contributed by atoms with Crippen LogP contribution < -0.4 is 15.0 Å². The molecule has 0 saturated carbocycles. The molecule has 0 spiro atoms. The fourth-order valence-corrected chi connectivity index (χ4v) is 5.31. The fraction of sp³-hybridized carbons (Fsp3) is 0.194. The Hall–Kier alpha value is -4.98. The second-order valence-electron chi connectivity index (χ2n) is 10.2. The molecule has 5 rings (SSSR count). The highest BCUT2D eigenvalue weighted by molar-refractivity contribution is 8.15. The van der Waals surface area contributed by atoms with E-state index in [2.05, 4.69) is 25.1 Å². The van der Waals surface area contributed by atoms with E-state index in [4.69, 9.17) is 0 Å². The summed E-state index contributed by atoms with van der Waals surface area (Å²) < 4.78 is 56.4. The van der Waals surface area contributed by atoms with Crippen molar-refractivity contribution >= 4 is 40.1 Å². The molecule has 1 aliphatic heterocycles. The number of benzene rings is 3. The Balaban J connectivity index is 1.24. The van der Waals surface area contributed by atoms with E-state index in [1.807, 2.05) is 26.0 Å². The Kier molecular flexibility index (Phi) is 9.04. The number of carbonyl (C=O) groups is 2. The van der Waals surface area contributed by atoms with Crippen LogP contribution in [0.5, 0.6) is 5.75 Å². The van der Waals surface area contributed by atoms with Crippen molar-refractivity contribution in [3.8, 4) is 22.8 Å². The molecule has 0 bridgehead atoms. The van der Waals surface area contributed by atoms with Crippen molar-refractivity contribution in [1.29, 1.82) is 0 Å². The van der Waals surface area contributed by atoms with Crippen molar-refractivity contribution < 1.29 is 31.9 Å². The molecule has 3 amide bonds. The van der Waals surface area contributed by atoms with Crippen LogP contribution in [0.4, 0.5) is 28.0 Å². The number of alkyl halides is 3. The third-order valence-corrected chi connectivity index (χ3v) is 7.58. The number of aromatic nitrogens is 3. The van der Waals surface area contributed by atoms with Gasteiger partial charge in [-0.3, -0.25) is 9.69 Å². The van der Waals surface area contributed by atoms with Gasteiger partial charge in [0.1, 0.15) is 17.9 Å². The smallest absolute Gasteiger partial charge is 0.406 e. The second kappa shape index (κ2) is 12.9. The SMILES string of the molecule is C/C(=C\NC(=O)N=C1SCC(=O)N1c1ccc(F)cc1C(C)C)c1ccc(-c2ncn(-c3ccc(OC(F)(F)F)cc3)n2)cc1. The van der Waals surface area contributed by atoms with Crippen molar-refractivity contribution in [3.63, 3.8) is 0 Å². The molecule has 4 aromatic rings. The lowest BCUT2D eigenvalue weighted by Gasteiger charge is -2.21. The quantitative estimate of drug-likeness (QED) is 0.213. The molecule has 0 aliphatic carbocycles. The number of thioether (sulfide) groups is 1. The minimum Gasteiger partial charge on any atom is -0.406 e. The standard InChI is InChI=1S/C31H26F4N6O3S/c1-18(2)25-14-22(32)8-13-26(25)41-27(42)16-45-30(41)38-29(43)36-15-19(3)20-4-6-21(7-5-20)28-37-17-40(39-28)23-9-11-24(12-10-23)44-31(33,34)35/h4-15,17-18H,16H2,1-3H3,(H,36,43)/b19-15+,38-30?. The van der Waals surface area contributed by atoms with Crippen LogP contribution in [0.3, 0.4) is 0 Å². The van der Waals surface area contributed by atoms with Gasteiger partial charge in [-0.05, 0) is 72.0 Å². The maximum Gasteiger partial charge on any atom is 0.573 e. The van der Waals surface area contributed by atoms with Crippen LogP contribution in [0.25, 0.3) is 22.6 Å². The number of nitrogens with zero attached hydrogens (tertiary/aromatic N) is 5. The van der Waals surface area contributed by atoms with Gasteiger partial charge in [0.25, 0.3) is 0 Å². The third kappa shape index (κ3) is 7.58. The summed E-state index contributed by atoms with van der Waals surface area (Å²) in [4.78, 5) is 35.1. The highest BCUT2D eigenvalue weighted by Crippen LogP contribution is 2.34. The van der Waals surface area contributed by atoms with Crippen molar-refractivity contribution in [2.45, 2.75) is 33.1 Å². The average molecular weight is 639 g/mol. The summed E-state index contributed by atoms with van der Waals surface area (Å²) in [5, 5.41) is 7.23. The second-order valence-corrected chi connectivity index (χ2v) is 11.1. The zero-order valence-corrected chi connectivity index (χ0v) is 25.0. The van der Waals surface area contributed by atoms with E-state index in [-0.39, 0.29) is 28.5 Å². The van der Waals surface area contributed by atoms with E-state index in [0.29, 0.717) is 28.3 Å². The van der Waals surface area contributed by atoms with E-state index >= 15 is 0 Å². The minimum atomic E-state index is -4.77.